The van der Waals surface area contributed by atoms with Crippen molar-refractivity contribution in [2.75, 3.05) is 0 Å². The average Bonchev–Trinajstić information content (AvgIpc) is 2.36. The number of hydrogen-bond donors (Lipinski definition) is 1. The summed E-state index contributed by atoms with van der Waals surface area (Å²) in [5, 5.41) is 20.0. The Morgan fingerprint density at radius 1 is 1.05 bits per heavy atom. The van der Waals surface area contributed by atoms with Gasteiger partial charge < -0.3 is 5.11 Å². The van der Waals surface area contributed by atoms with E-state index in [-0.39, 0.29) is 5.75 Å². The molecule has 0 aromatic heterocycles. The third-order valence-corrected chi connectivity index (χ3v) is 3.29. The number of aromatic hydroxyl groups is 1. The first-order chi connectivity index (χ1) is 9.10. The van der Waals surface area contributed by atoms with Gasteiger partial charge in [-0.1, -0.05) is 29.3 Å². The fraction of sp³-hybridized carbons (Fsp3) is 0.133. The third kappa shape index (κ3) is 3.41. The fourth-order valence-corrected chi connectivity index (χ4v) is 2.54. The molecule has 2 nitrogen and oxygen atoms in total. The molecule has 0 bridgehead atoms. The summed E-state index contributed by atoms with van der Waals surface area (Å²) in [5.74, 6) is 0.146. The molecule has 0 aliphatic carbocycles. The quantitative estimate of drug-likeness (QED) is 0.913. The Morgan fingerprint density at radius 2 is 1.74 bits per heavy atom. The van der Waals surface area contributed by atoms with Crippen molar-refractivity contribution in [3.05, 3.63) is 63.1 Å². The van der Waals surface area contributed by atoms with Gasteiger partial charge in [0, 0.05) is 15.6 Å². The van der Waals surface area contributed by atoms with Gasteiger partial charge in [0.05, 0.1) is 11.6 Å². The molecular formula is C15H11Cl2NO. The summed E-state index contributed by atoms with van der Waals surface area (Å²) < 4.78 is 0. The van der Waals surface area contributed by atoms with Crippen molar-refractivity contribution in [2.24, 2.45) is 0 Å². The van der Waals surface area contributed by atoms with Gasteiger partial charge in [-0.25, -0.2) is 0 Å². The van der Waals surface area contributed by atoms with Gasteiger partial charge in [-0.2, -0.15) is 5.26 Å². The number of phenols is 1. The second-order valence-corrected chi connectivity index (χ2v) is 5.07. The van der Waals surface area contributed by atoms with E-state index in [1.165, 1.54) is 0 Å². The van der Waals surface area contributed by atoms with Crippen LogP contribution in [0.4, 0.5) is 0 Å². The molecule has 2 aromatic rings. The number of nitriles is 1. The Morgan fingerprint density at radius 3 is 2.37 bits per heavy atom. The first kappa shape index (κ1) is 13.7. The Bertz CT molecular complexity index is 627. The molecule has 0 amide bonds. The minimum absolute atomic E-state index is 0.146. The molecule has 0 saturated carbocycles. The highest BCUT2D eigenvalue weighted by atomic mass is 35.5. The van der Waals surface area contributed by atoms with Crippen LogP contribution in [-0.4, -0.2) is 5.11 Å². The lowest BCUT2D eigenvalue weighted by Gasteiger charge is -2.07. The topological polar surface area (TPSA) is 44.0 Å². The van der Waals surface area contributed by atoms with Crippen molar-refractivity contribution in [1.82, 2.24) is 0 Å². The zero-order chi connectivity index (χ0) is 13.8. The number of benzene rings is 2. The zero-order valence-corrected chi connectivity index (χ0v) is 11.5. The summed E-state index contributed by atoms with van der Waals surface area (Å²) in [7, 11) is 0. The van der Waals surface area contributed by atoms with Crippen molar-refractivity contribution in [2.45, 2.75) is 12.8 Å². The van der Waals surface area contributed by atoms with E-state index in [1.54, 1.807) is 24.3 Å². The highest BCUT2D eigenvalue weighted by Crippen LogP contribution is 2.24. The Kier molecular flexibility index (Phi) is 4.31. The van der Waals surface area contributed by atoms with Gasteiger partial charge in [0.25, 0.3) is 0 Å². The largest absolute Gasteiger partial charge is 0.508 e. The van der Waals surface area contributed by atoms with E-state index in [0.29, 0.717) is 34.0 Å². The second-order valence-electron chi connectivity index (χ2n) is 4.19. The highest BCUT2D eigenvalue weighted by Gasteiger charge is 2.08. The van der Waals surface area contributed by atoms with Gasteiger partial charge >= 0.3 is 0 Å². The van der Waals surface area contributed by atoms with Crippen LogP contribution in [0, 0.1) is 11.3 Å². The van der Waals surface area contributed by atoms with E-state index in [1.807, 2.05) is 12.1 Å². The van der Waals surface area contributed by atoms with Crippen LogP contribution in [0.3, 0.4) is 0 Å². The third-order valence-electron chi connectivity index (χ3n) is 2.86. The Hall–Kier alpha value is -1.69. The molecule has 4 heteroatoms. The van der Waals surface area contributed by atoms with E-state index in [0.717, 1.165) is 5.56 Å². The molecule has 1 N–H and O–H groups in total. The van der Waals surface area contributed by atoms with Crippen molar-refractivity contribution in [1.29, 1.82) is 5.26 Å². The summed E-state index contributed by atoms with van der Waals surface area (Å²) in [4.78, 5) is 0. The summed E-state index contributed by atoms with van der Waals surface area (Å²) in [5.41, 5.74) is 2.12. The number of rotatable bonds is 3. The molecule has 0 radical (unpaired) electrons. The molecule has 96 valence electrons. The minimum atomic E-state index is 0.146. The van der Waals surface area contributed by atoms with Gasteiger partial charge in [-0.3, -0.25) is 0 Å². The van der Waals surface area contributed by atoms with E-state index < -0.39 is 0 Å². The number of hydrogen-bond acceptors (Lipinski definition) is 2. The second kappa shape index (κ2) is 5.97. The van der Waals surface area contributed by atoms with Crippen LogP contribution in [0.2, 0.25) is 10.0 Å². The number of nitrogens with zero attached hydrogens (tertiary/aromatic N) is 1. The summed E-state index contributed by atoms with van der Waals surface area (Å²) in [6.07, 6.45) is 1.22. The van der Waals surface area contributed by atoms with Crippen molar-refractivity contribution >= 4 is 23.2 Å². The maximum absolute atomic E-state index is 9.81. The first-order valence-corrected chi connectivity index (χ1v) is 6.51. The standard InChI is InChI=1S/C15H11Cl2NO/c16-12-6-10(7-13(17)8-12)4-5-14-11(9-18)2-1-3-15(14)19/h1-3,6-8,19H,4-5H2. The molecule has 0 aliphatic rings. The monoisotopic (exact) mass is 291 g/mol. The first-order valence-electron chi connectivity index (χ1n) is 5.76. The van der Waals surface area contributed by atoms with E-state index in [2.05, 4.69) is 6.07 Å². The molecule has 2 rings (SSSR count). The van der Waals surface area contributed by atoms with Crippen LogP contribution in [0.15, 0.2) is 36.4 Å². The Labute approximate surface area is 121 Å². The van der Waals surface area contributed by atoms with Crippen LogP contribution in [-0.2, 0) is 12.8 Å². The number of phenolic OH excluding ortho intramolecular Hbond substituents is 1. The van der Waals surface area contributed by atoms with Crippen molar-refractivity contribution in [3.8, 4) is 11.8 Å². The maximum atomic E-state index is 9.81. The van der Waals surface area contributed by atoms with Crippen molar-refractivity contribution in [3.63, 3.8) is 0 Å². The normalized spacial score (nSPS) is 10.2. The Balaban J connectivity index is 2.21. The predicted molar refractivity (Wildman–Crippen MR) is 76.7 cm³/mol. The van der Waals surface area contributed by atoms with E-state index in [4.69, 9.17) is 28.5 Å². The van der Waals surface area contributed by atoms with Gasteiger partial charge in [0.15, 0.2) is 0 Å². The van der Waals surface area contributed by atoms with E-state index in [9.17, 15) is 5.11 Å². The van der Waals surface area contributed by atoms with Crippen LogP contribution in [0.5, 0.6) is 5.75 Å². The summed E-state index contributed by atoms with van der Waals surface area (Å²) in [6.45, 7) is 0. The van der Waals surface area contributed by atoms with Crippen LogP contribution >= 0.6 is 23.2 Å². The molecule has 0 heterocycles. The smallest absolute Gasteiger partial charge is 0.120 e. The zero-order valence-electron chi connectivity index (χ0n) is 10.0. The summed E-state index contributed by atoms with van der Waals surface area (Å²) in [6, 6.07) is 12.4. The molecule has 0 unspecified atom stereocenters. The minimum Gasteiger partial charge on any atom is -0.508 e. The maximum Gasteiger partial charge on any atom is 0.120 e. The molecular weight excluding hydrogens is 281 g/mol. The SMILES string of the molecule is N#Cc1cccc(O)c1CCc1cc(Cl)cc(Cl)c1. The van der Waals surface area contributed by atoms with Gasteiger partial charge in [-0.05, 0) is 48.7 Å². The molecule has 0 spiro atoms. The molecule has 0 saturated heterocycles. The van der Waals surface area contributed by atoms with Gasteiger partial charge in [0.1, 0.15) is 5.75 Å². The number of aryl methyl sites for hydroxylation is 1. The molecule has 2 aromatic carbocycles. The van der Waals surface area contributed by atoms with E-state index >= 15 is 0 Å². The lowest BCUT2D eigenvalue weighted by Crippen LogP contribution is -1.95. The van der Waals surface area contributed by atoms with Crippen LogP contribution < -0.4 is 0 Å². The molecule has 19 heavy (non-hydrogen) atoms. The fourth-order valence-electron chi connectivity index (χ4n) is 1.97. The molecule has 0 atom stereocenters. The van der Waals surface area contributed by atoms with Gasteiger partial charge in [0.2, 0.25) is 0 Å². The lowest BCUT2D eigenvalue weighted by molar-refractivity contribution is 0.467. The van der Waals surface area contributed by atoms with Gasteiger partial charge in [-0.15, -0.1) is 0 Å². The molecule has 0 aliphatic heterocycles. The van der Waals surface area contributed by atoms with Crippen LogP contribution in [0.1, 0.15) is 16.7 Å². The highest BCUT2D eigenvalue weighted by molar-refractivity contribution is 6.34. The average molecular weight is 292 g/mol. The summed E-state index contributed by atoms with van der Waals surface area (Å²) >= 11 is 11.9. The van der Waals surface area contributed by atoms with Crippen molar-refractivity contribution < 1.29 is 5.11 Å². The molecule has 0 fully saturated rings. The lowest BCUT2D eigenvalue weighted by atomic mass is 9.99. The predicted octanol–water partition coefficient (Wildman–Crippen LogP) is 4.36. The number of halogens is 2. The van der Waals surface area contributed by atoms with Crippen LogP contribution in [0.25, 0.3) is 0 Å².